The molecule has 1 rings (SSSR count). The van der Waals surface area contributed by atoms with Crippen LogP contribution >= 0.6 is 0 Å². The summed E-state index contributed by atoms with van der Waals surface area (Å²) >= 11 is 0. The maximum absolute atomic E-state index is 11.1. The molecule has 0 aromatic heterocycles. The average molecular weight is 237 g/mol. The maximum Gasteiger partial charge on any atom is 0.246 e. The maximum atomic E-state index is 11.1. The number of amides is 1. The minimum atomic E-state index is -0.128. The van der Waals surface area contributed by atoms with Crippen LogP contribution < -0.4 is 10.1 Å². The molecule has 0 fully saturated rings. The van der Waals surface area contributed by atoms with Crippen molar-refractivity contribution in [1.29, 1.82) is 0 Å². The van der Waals surface area contributed by atoms with Crippen molar-refractivity contribution < 1.29 is 14.3 Å². The third-order valence-corrected chi connectivity index (χ3v) is 2.51. The lowest BCUT2D eigenvalue weighted by Gasteiger charge is -2.11. The Balaban J connectivity index is 2.31. The number of ether oxygens (including phenoxy) is 2. The molecule has 17 heavy (non-hydrogen) atoms. The molecule has 1 N–H and O–H groups in total. The van der Waals surface area contributed by atoms with E-state index in [0.717, 1.165) is 11.3 Å². The Labute approximate surface area is 102 Å². The largest absolute Gasteiger partial charge is 0.491 e. The van der Waals surface area contributed by atoms with E-state index in [4.69, 9.17) is 9.47 Å². The minimum absolute atomic E-state index is 0.0868. The average Bonchev–Trinajstić information content (AvgIpc) is 2.30. The van der Waals surface area contributed by atoms with Crippen LogP contribution in [0.2, 0.25) is 0 Å². The summed E-state index contributed by atoms with van der Waals surface area (Å²) in [6, 6.07) is 5.93. The van der Waals surface area contributed by atoms with Gasteiger partial charge in [0.1, 0.15) is 19.0 Å². The lowest BCUT2D eigenvalue weighted by molar-refractivity contribution is -0.124. The third-order valence-electron chi connectivity index (χ3n) is 2.51. The summed E-state index contributed by atoms with van der Waals surface area (Å²) in [5, 5.41) is 2.70. The van der Waals surface area contributed by atoms with Crippen LogP contribution in [0.1, 0.15) is 11.1 Å². The number of carbonyl (C=O) groups excluding carboxylic acids is 1. The molecular weight excluding hydrogens is 218 g/mol. The summed E-state index contributed by atoms with van der Waals surface area (Å²) in [6.45, 7) is 5.09. The van der Waals surface area contributed by atoms with Gasteiger partial charge in [-0.05, 0) is 31.0 Å². The molecule has 0 heterocycles. The van der Waals surface area contributed by atoms with Crippen molar-refractivity contribution in [2.45, 2.75) is 13.8 Å². The molecule has 94 valence electrons. The Morgan fingerprint density at radius 3 is 2.82 bits per heavy atom. The lowest BCUT2D eigenvalue weighted by Crippen LogP contribution is -2.30. The number of rotatable bonds is 6. The van der Waals surface area contributed by atoms with Gasteiger partial charge in [-0.1, -0.05) is 12.1 Å². The SMILES string of the molecule is COCC(=O)NCCOc1cccc(C)c1C. The molecule has 1 amide bonds. The van der Waals surface area contributed by atoms with Crippen LogP contribution in [0, 0.1) is 13.8 Å². The smallest absolute Gasteiger partial charge is 0.246 e. The fraction of sp³-hybridized carbons (Fsp3) is 0.462. The van der Waals surface area contributed by atoms with Crippen molar-refractivity contribution >= 4 is 5.91 Å². The standard InChI is InChI=1S/C13H19NO3/c1-10-5-4-6-12(11(10)2)17-8-7-14-13(15)9-16-3/h4-6H,7-9H2,1-3H3,(H,14,15). The first-order valence-electron chi connectivity index (χ1n) is 5.59. The fourth-order valence-electron chi connectivity index (χ4n) is 1.41. The van der Waals surface area contributed by atoms with Crippen LogP contribution in [0.3, 0.4) is 0 Å². The predicted molar refractivity (Wildman–Crippen MR) is 66.3 cm³/mol. The highest BCUT2D eigenvalue weighted by molar-refractivity contribution is 5.77. The van der Waals surface area contributed by atoms with Gasteiger partial charge in [-0.3, -0.25) is 4.79 Å². The Hall–Kier alpha value is -1.55. The lowest BCUT2D eigenvalue weighted by atomic mass is 10.1. The minimum Gasteiger partial charge on any atom is -0.491 e. The second-order valence-electron chi connectivity index (χ2n) is 3.83. The molecule has 0 radical (unpaired) electrons. The Morgan fingerprint density at radius 2 is 2.12 bits per heavy atom. The van der Waals surface area contributed by atoms with Crippen molar-refractivity contribution in [3.05, 3.63) is 29.3 Å². The van der Waals surface area contributed by atoms with E-state index in [0.29, 0.717) is 13.2 Å². The van der Waals surface area contributed by atoms with Gasteiger partial charge in [-0.2, -0.15) is 0 Å². The van der Waals surface area contributed by atoms with Crippen molar-refractivity contribution in [3.8, 4) is 5.75 Å². The molecule has 0 saturated carbocycles. The highest BCUT2D eigenvalue weighted by Gasteiger charge is 2.02. The van der Waals surface area contributed by atoms with Gasteiger partial charge in [0.25, 0.3) is 0 Å². The van der Waals surface area contributed by atoms with E-state index in [1.54, 1.807) is 0 Å². The third kappa shape index (κ3) is 4.44. The van der Waals surface area contributed by atoms with Crippen molar-refractivity contribution in [3.63, 3.8) is 0 Å². The summed E-state index contributed by atoms with van der Waals surface area (Å²) in [5.74, 6) is 0.739. The summed E-state index contributed by atoms with van der Waals surface area (Å²) in [4.78, 5) is 11.1. The van der Waals surface area contributed by atoms with Crippen molar-refractivity contribution in [1.82, 2.24) is 5.32 Å². The molecule has 0 spiro atoms. The van der Waals surface area contributed by atoms with Crippen LogP contribution in [0.15, 0.2) is 18.2 Å². The first-order chi connectivity index (χ1) is 8.15. The molecule has 0 unspecified atom stereocenters. The Kier molecular flexibility index (Phi) is 5.49. The first kappa shape index (κ1) is 13.5. The van der Waals surface area contributed by atoms with Gasteiger partial charge in [0.2, 0.25) is 5.91 Å². The Morgan fingerprint density at radius 1 is 1.35 bits per heavy atom. The van der Waals surface area contributed by atoms with Gasteiger partial charge in [0.05, 0.1) is 6.54 Å². The molecule has 0 aliphatic carbocycles. The zero-order chi connectivity index (χ0) is 12.7. The highest BCUT2D eigenvalue weighted by Crippen LogP contribution is 2.20. The summed E-state index contributed by atoms with van der Waals surface area (Å²) in [6.07, 6.45) is 0. The van der Waals surface area contributed by atoms with Crippen LogP contribution in [0.5, 0.6) is 5.75 Å². The molecule has 0 aliphatic heterocycles. The number of carbonyl (C=O) groups is 1. The van der Waals surface area contributed by atoms with E-state index in [2.05, 4.69) is 5.32 Å². The highest BCUT2D eigenvalue weighted by atomic mass is 16.5. The second-order valence-corrected chi connectivity index (χ2v) is 3.83. The van der Waals surface area contributed by atoms with Gasteiger partial charge in [-0.25, -0.2) is 0 Å². The fourth-order valence-corrected chi connectivity index (χ4v) is 1.41. The number of benzene rings is 1. The second kappa shape index (κ2) is 6.91. The zero-order valence-electron chi connectivity index (χ0n) is 10.6. The van der Waals surface area contributed by atoms with Crippen LogP contribution in [-0.2, 0) is 9.53 Å². The van der Waals surface area contributed by atoms with E-state index >= 15 is 0 Å². The zero-order valence-corrected chi connectivity index (χ0v) is 10.6. The molecule has 0 saturated heterocycles. The van der Waals surface area contributed by atoms with E-state index in [1.165, 1.54) is 12.7 Å². The summed E-state index contributed by atoms with van der Waals surface area (Å²) < 4.78 is 10.3. The number of nitrogens with one attached hydrogen (secondary N) is 1. The molecule has 1 aromatic rings. The van der Waals surface area contributed by atoms with Crippen molar-refractivity contribution in [2.24, 2.45) is 0 Å². The van der Waals surface area contributed by atoms with Gasteiger partial charge in [0.15, 0.2) is 0 Å². The van der Waals surface area contributed by atoms with Gasteiger partial charge in [-0.15, -0.1) is 0 Å². The number of hydrogen-bond donors (Lipinski definition) is 1. The monoisotopic (exact) mass is 237 g/mol. The first-order valence-corrected chi connectivity index (χ1v) is 5.59. The summed E-state index contributed by atoms with van der Waals surface area (Å²) in [5.41, 5.74) is 2.33. The van der Waals surface area contributed by atoms with E-state index < -0.39 is 0 Å². The molecule has 4 nitrogen and oxygen atoms in total. The predicted octanol–water partition coefficient (Wildman–Crippen LogP) is 1.44. The van der Waals surface area contributed by atoms with Gasteiger partial charge in [0, 0.05) is 7.11 Å². The van der Waals surface area contributed by atoms with E-state index in [1.807, 2.05) is 32.0 Å². The molecule has 0 atom stereocenters. The van der Waals surface area contributed by atoms with Gasteiger partial charge >= 0.3 is 0 Å². The molecule has 4 heteroatoms. The number of methoxy groups -OCH3 is 1. The number of hydrogen-bond acceptors (Lipinski definition) is 3. The normalized spacial score (nSPS) is 10.1. The van der Waals surface area contributed by atoms with Crippen LogP contribution in [0.25, 0.3) is 0 Å². The molecule has 1 aromatic carbocycles. The molecular formula is C13H19NO3. The van der Waals surface area contributed by atoms with Crippen LogP contribution in [0.4, 0.5) is 0 Å². The van der Waals surface area contributed by atoms with Crippen LogP contribution in [-0.4, -0.2) is 32.8 Å². The topological polar surface area (TPSA) is 47.6 Å². The molecule has 0 aliphatic rings. The van der Waals surface area contributed by atoms with Gasteiger partial charge < -0.3 is 14.8 Å². The molecule has 0 bridgehead atoms. The quantitative estimate of drug-likeness (QED) is 0.762. The number of aryl methyl sites for hydroxylation is 1. The van der Waals surface area contributed by atoms with Crippen molar-refractivity contribution in [2.75, 3.05) is 26.9 Å². The Bertz CT molecular complexity index is 377. The summed E-state index contributed by atoms with van der Waals surface area (Å²) in [7, 11) is 1.49. The van der Waals surface area contributed by atoms with E-state index in [-0.39, 0.29) is 12.5 Å². The van der Waals surface area contributed by atoms with E-state index in [9.17, 15) is 4.79 Å².